The van der Waals surface area contributed by atoms with E-state index in [1.54, 1.807) is 6.20 Å². The number of carbonyl (C=O) groups is 1. The molecule has 5 nitrogen and oxygen atoms in total. The Morgan fingerprint density at radius 2 is 2.04 bits per heavy atom. The summed E-state index contributed by atoms with van der Waals surface area (Å²) in [4.78, 5) is 19.3. The standard InChI is InChI=1S/C21H24N4O/c26-20(10-15-24-14-9-18-8-4-11-23-21(18)24)25-13-5-12-22-19(16-25)17-6-2-1-3-7-17/h1-4,6-9,11,14,19,22H,5,10,12-13,15-16H2. The number of fused-ring (bicyclic) bond motifs is 1. The quantitative estimate of drug-likeness (QED) is 0.789. The highest BCUT2D eigenvalue weighted by atomic mass is 16.2. The van der Waals surface area contributed by atoms with E-state index in [1.165, 1.54) is 5.56 Å². The smallest absolute Gasteiger partial charge is 0.224 e. The molecule has 1 unspecified atom stereocenters. The maximum atomic E-state index is 12.8. The zero-order valence-corrected chi connectivity index (χ0v) is 14.8. The van der Waals surface area contributed by atoms with E-state index in [-0.39, 0.29) is 11.9 Å². The highest BCUT2D eigenvalue weighted by Gasteiger charge is 2.22. The van der Waals surface area contributed by atoms with Gasteiger partial charge in [-0.15, -0.1) is 0 Å². The van der Waals surface area contributed by atoms with Crippen molar-refractivity contribution in [2.45, 2.75) is 25.4 Å². The molecule has 3 heterocycles. The molecule has 26 heavy (non-hydrogen) atoms. The maximum Gasteiger partial charge on any atom is 0.224 e. The van der Waals surface area contributed by atoms with Crippen LogP contribution in [0.1, 0.15) is 24.4 Å². The van der Waals surface area contributed by atoms with Gasteiger partial charge in [0.1, 0.15) is 5.65 Å². The summed E-state index contributed by atoms with van der Waals surface area (Å²) in [7, 11) is 0. The van der Waals surface area contributed by atoms with Gasteiger partial charge in [0.2, 0.25) is 5.91 Å². The molecule has 1 amide bonds. The molecule has 5 heteroatoms. The Kier molecular flexibility index (Phi) is 4.97. The van der Waals surface area contributed by atoms with Gasteiger partial charge in [0.25, 0.3) is 0 Å². The maximum absolute atomic E-state index is 12.8. The fourth-order valence-electron chi connectivity index (χ4n) is 3.63. The lowest BCUT2D eigenvalue weighted by Crippen LogP contribution is -2.36. The van der Waals surface area contributed by atoms with E-state index in [0.717, 1.165) is 37.1 Å². The van der Waals surface area contributed by atoms with Crippen molar-refractivity contribution in [3.05, 3.63) is 66.5 Å². The van der Waals surface area contributed by atoms with Crippen LogP contribution in [-0.4, -0.2) is 40.0 Å². The van der Waals surface area contributed by atoms with E-state index in [9.17, 15) is 4.79 Å². The van der Waals surface area contributed by atoms with Crippen molar-refractivity contribution in [2.24, 2.45) is 0 Å². The second-order valence-electron chi connectivity index (χ2n) is 6.79. The van der Waals surface area contributed by atoms with Gasteiger partial charge in [-0.05, 0) is 36.7 Å². The van der Waals surface area contributed by atoms with Gasteiger partial charge < -0.3 is 14.8 Å². The minimum atomic E-state index is 0.205. The molecule has 2 aromatic heterocycles. The second-order valence-corrected chi connectivity index (χ2v) is 6.79. The summed E-state index contributed by atoms with van der Waals surface area (Å²) in [5.74, 6) is 0.215. The molecule has 0 bridgehead atoms. The van der Waals surface area contributed by atoms with Crippen molar-refractivity contribution in [3.63, 3.8) is 0 Å². The van der Waals surface area contributed by atoms with Crippen molar-refractivity contribution >= 4 is 16.9 Å². The number of aryl methyl sites for hydroxylation is 1. The minimum Gasteiger partial charge on any atom is -0.341 e. The number of benzene rings is 1. The summed E-state index contributed by atoms with van der Waals surface area (Å²) in [6.07, 6.45) is 5.30. The summed E-state index contributed by atoms with van der Waals surface area (Å²) in [5.41, 5.74) is 2.19. The summed E-state index contributed by atoms with van der Waals surface area (Å²) >= 11 is 0. The highest BCUT2D eigenvalue weighted by molar-refractivity contribution is 5.78. The van der Waals surface area contributed by atoms with Crippen LogP contribution < -0.4 is 5.32 Å². The summed E-state index contributed by atoms with van der Waals surface area (Å²) in [5, 5.41) is 4.68. The van der Waals surface area contributed by atoms with Crippen LogP contribution in [0.3, 0.4) is 0 Å². The van der Waals surface area contributed by atoms with Gasteiger partial charge in [-0.1, -0.05) is 30.3 Å². The largest absolute Gasteiger partial charge is 0.341 e. The third-order valence-electron chi connectivity index (χ3n) is 5.04. The van der Waals surface area contributed by atoms with Crippen molar-refractivity contribution < 1.29 is 4.79 Å². The van der Waals surface area contributed by atoms with Crippen LogP contribution in [0.4, 0.5) is 0 Å². The van der Waals surface area contributed by atoms with Crippen molar-refractivity contribution in [1.82, 2.24) is 19.8 Å². The predicted octanol–water partition coefficient (Wildman–Crippen LogP) is 2.99. The Balaban J connectivity index is 1.42. The molecule has 4 rings (SSSR count). The van der Waals surface area contributed by atoms with E-state index >= 15 is 0 Å². The Bertz CT molecular complexity index is 874. The van der Waals surface area contributed by atoms with Crippen LogP contribution in [0.15, 0.2) is 60.9 Å². The first-order valence-electron chi connectivity index (χ1n) is 9.27. The molecular formula is C21H24N4O. The molecule has 0 spiro atoms. The fourth-order valence-corrected chi connectivity index (χ4v) is 3.63. The van der Waals surface area contributed by atoms with E-state index < -0.39 is 0 Å². The molecule has 1 N–H and O–H groups in total. The second kappa shape index (κ2) is 7.70. The Hall–Kier alpha value is -2.66. The lowest BCUT2D eigenvalue weighted by Gasteiger charge is -2.25. The number of nitrogens with one attached hydrogen (secondary N) is 1. The van der Waals surface area contributed by atoms with E-state index in [1.807, 2.05) is 35.4 Å². The minimum absolute atomic E-state index is 0.205. The fraction of sp³-hybridized carbons (Fsp3) is 0.333. The summed E-state index contributed by atoms with van der Waals surface area (Å²) in [6, 6.07) is 16.6. The van der Waals surface area contributed by atoms with E-state index in [4.69, 9.17) is 0 Å². The SMILES string of the molecule is O=C(CCn1ccc2cccnc21)N1CCCNC(c2ccccc2)C1. The van der Waals surface area contributed by atoms with Gasteiger partial charge in [0, 0.05) is 49.9 Å². The number of amides is 1. The van der Waals surface area contributed by atoms with Crippen LogP contribution in [-0.2, 0) is 11.3 Å². The number of pyridine rings is 1. The molecule has 0 saturated carbocycles. The van der Waals surface area contributed by atoms with Crippen molar-refractivity contribution in [3.8, 4) is 0 Å². The third-order valence-corrected chi connectivity index (χ3v) is 5.04. The van der Waals surface area contributed by atoms with Gasteiger partial charge >= 0.3 is 0 Å². The van der Waals surface area contributed by atoms with Crippen LogP contribution in [0.2, 0.25) is 0 Å². The van der Waals surface area contributed by atoms with Gasteiger partial charge in [0.15, 0.2) is 0 Å². The van der Waals surface area contributed by atoms with E-state index in [2.05, 4.69) is 39.1 Å². The Morgan fingerprint density at radius 1 is 1.15 bits per heavy atom. The average molecular weight is 348 g/mol. The molecule has 1 fully saturated rings. The lowest BCUT2D eigenvalue weighted by atomic mass is 10.1. The number of carbonyl (C=O) groups excluding carboxylic acids is 1. The Labute approximate surface area is 153 Å². The molecule has 0 aliphatic carbocycles. The summed E-state index contributed by atoms with van der Waals surface area (Å²) in [6.45, 7) is 3.15. The molecule has 3 aromatic rings. The Morgan fingerprint density at radius 3 is 2.92 bits per heavy atom. The zero-order valence-electron chi connectivity index (χ0n) is 14.8. The molecule has 1 saturated heterocycles. The molecule has 0 radical (unpaired) electrons. The summed E-state index contributed by atoms with van der Waals surface area (Å²) < 4.78 is 2.07. The van der Waals surface area contributed by atoms with Crippen molar-refractivity contribution in [2.75, 3.05) is 19.6 Å². The number of hydrogen-bond acceptors (Lipinski definition) is 3. The first kappa shape index (κ1) is 16.8. The average Bonchev–Trinajstić information content (AvgIpc) is 2.94. The number of nitrogens with zero attached hydrogens (tertiary/aromatic N) is 3. The zero-order chi connectivity index (χ0) is 17.8. The lowest BCUT2D eigenvalue weighted by molar-refractivity contribution is -0.131. The predicted molar refractivity (Wildman–Crippen MR) is 103 cm³/mol. The van der Waals surface area contributed by atoms with Gasteiger partial charge in [-0.3, -0.25) is 4.79 Å². The first-order chi connectivity index (χ1) is 12.8. The third kappa shape index (κ3) is 3.63. The molecule has 1 aliphatic rings. The van der Waals surface area contributed by atoms with Crippen LogP contribution >= 0.6 is 0 Å². The number of aromatic nitrogens is 2. The molecule has 134 valence electrons. The monoisotopic (exact) mass is 348 g/mol. The highest BCUT2D eigenvalue weighted by Crippen LogP contribution is 2.18. The first-order valence-corrected chi connectivity index (χ1v) is 9.27. The molecule has 1 aliphatic heterocycles. The van der Waals surface area contributed by atoms with Crippen LogP contribution in [0, 0.1) is 0 Å². The normalized spacial score (nSPS) is 18.0. The number of rotatable bonds is 4. The molecule has 1 aromatic carbocycles. The van der Waals surface area contributed by atoms with Gasteiger partial charge in [0.05, 0.1) is 0 Å². The van der Waals surface area contributed by atoms with Gasteiger partial charge in [-0.2, -0.15) is 0 Å². The van der Waals surface area contributed by atoms with E-state index in [0.29, 0.717) is 13.0 Å². The van der Waals surface area contributed by atoms with Crippen molar-refractivity contribution in [1.29, 1.82) is 0 Å². The molecular weight excluding hydrogens is 324 g/mol. The topological polar surface area (TPSA) is 50.2 Å². The van der Waals surface area contributed by atoms with Crippen LogP contribution in [0.5, 0.6) is 0 Å². The van der Waals surface area contributed by atoms with Gasteiger partial charge in [-0.25, -0.2) is 4.98 Å². The van der Waals surface area contributed by atoms with Crippen LogP contribution in [0.25, 0.3) is 11.0 Å². The number of hydrogen-bond donors (Lipinski definition) is 1. The molecule has 1 atom stereocenters.